The minimum atomic E-state index is 0.0777. The zero-order valence-corrected chi connectivity index (χ0v) is 6.66. The topological polar surface area (TPSA) is 29.5 Å². The molecule has 1 aromatic carbocycles. The van der Waals surface area contributed by atoms with Crippen molar-refractivity contribution in [2.45, 2.75) is 0 Å². The molecule has 0 fully saturated rings. The summed E-state index contributed by atoms with van der Waals surface area (Å²) in [5.74, 6) is 0.898. The Labute approximate surface area is 71.1 Å². The number of hydrogen-bond donors (Lipinski definition) is 1. The summed E-state index contributed by atoms with van der Waals surface area (Å²) in [5, 5.41) is 8.87. The molecule has 1 aliphatic heterocycles. The van der Waals surface area contributed by atoms with Crippen LogP contribution in [0.5, 0.6) is 5.75 Å². The predicted octanol–water partition coefficient (Wildman–Crippen LogP) is 1.45. The van der Waals surface area contributed by atoms with Gasteiger partial charge in [0.15, 0.2) is 0 Å². The second-order valence-corrected chi connectivity index (χ2v) is 2.79. The maximum absolute atomic E-state index is 8.87. The summed E-state index contributed by atoms with van der Waals surface area (Å²) in [7, 11) is 0. The Kier molecular flexibility index (Phi) is 1.84. The fraction of sp³-hybridized carbons (Fsp3) is 0.200. The standard InChI is InChI=1S/C10H10O2/c11-6-8-5-9-3-1-2-4-10(9)12-7-8/h1-5,11H,6-7H2. The van der Waals surface area contributed by atoms with Gasteiger partial charge >= 0.3 is 0 Å². The van der Waals surface area contributed by atoms with Crippen LogP contribution in [0.1, 0.15) is 5.56 Å². The van der Waals surface area contributed by atoms with E-state index in [-0.39, 0.29) is 6.61 Å². The molecule has 2 rings (SSSR count). The molecule has 62 valence electrons. The van der Waals surface area contributed by atoms with Gasteiger partial charge in [0, 0.05) is 5.56 Å². The Morgan fingerprint density at radius 2 is 2.17 bits per heavy atom. The van der Waals surface area contributed by atoms with Crippen LogP contribution in [0.15, 0.2) is 29.8 Å². The third-order valence-electron chi connectivity index (χ3n) is 1.89. The van der Waals surface area contributed by atoms with Crippen molar-refractivity contribution < 1.29 is 9.84 Å². The summed E-state index contributed by atoms with van der Waals surface area (Å²) in [6.45, 7) is 0.585. The molecule has 1 N–H and O–H groups in total. The van der Waals surface area contributed by atoms with Gasteiger partial charge in [-0.3, -0.25) is 0 Å². The molecule has 0 aromatic heterocycles. The second-order valence-electron chi connectivity index (χ2n) is 2.79. The van der Waals surface area contributed by atoms with Crippen molar-refractivity contribution in [3.63, 3.8) is 0 Å². The number of ether oxygens (including phenoxy) is 1. The van der Waals surface area contributed by atoms with Crippen LogP contribution >= 0.6 is 0 Å². The van der Waals surface area contributed by atoms with Crippen molar-refractivity contribution in [2.75, 3.05) is 13.2 Å². The first-order chi connectivity index (χ1) is 5.90. The Morgan fingerprint density at radius 3 is 3.00 bits per heavy atom. The van der Waals surface area contributed by atoms with Crippen molar-refractivity contribution in [1.82, 2.24) is 0 Å². The van der Waals surface area contributed by atoms with E-state index >= 15 is 0 Å². The van der Waals surface area contributed by atoms with Gasteiger partial charge in [0.2, 0.25) is 0 Å². The Morgan fingerprint density at radius 1 is 1.33 bits per heavy atom. The van der Waals surface area contributed by atoms with Gasteiger partial charge in [-0.2, -0.15) is 0 Å². The lowest BCUT2D eigenvalue weighted by molar-refractivity contribution is 0.285. The highest BCUT2D eigenvalue weighted by Gasteiger charge is 2.08. The highest BCUT2D eigenvalue weighted by Crippen LogP contribution is 2.25. The van der Waals surface area contributed by atoms with E-state index in [9.17, 15) is 0 Å². The summed E-state index contributed by atoms with van der Waals surface area (Å²) in [6.07, 6.45) is 1.97. The lowest BCUT2D eigenvalue weighted by Crippen LogP contribution is -2.09. The van der Waals surface area contributed by atoms with E-state index in [2.05, 4.69) is 0 Å². The summed E-state index contributed by atoms with van der Waals surface area (Å²) < 4.78 is 5.40. The van der Waals surface area contributed by atoms with E-state index in [1.54, 1.807) is 0 Å². The smallest absolute Gasteiger partial charge is 0.127 e. The van der Waals surface area contributed by atoms with Crippen molar-refractivity contribution in [3.8, 4) is 5.75 Å². The van der Waals surface area contributed by atoms with Crippen molar-refractivity contribution in [2.24, 2.45) is 0 Å². The normalized spacial score (nSPS) is 14.6. The molecule has 1 heterocycles. The third-order valence-corrected chi connectivity index (χ3v) is 1.89. The Bertz CT molecular complexity index is 315. The minimum Gasteiger partial charge on any atom is -0.489 e. The number of fused-ring (bicyclic) bond motifs is 1. The average molecular weight is 162 g/mol. The molecule has 0 atom stereocenters. The fourth-order valence-electron chi connectivity index (χ4n) is 1.25. The lowest BCUT2D eigenvalue weighted by Gasteiger charge is -2.15. The van der Waals surface area contributed by atoms with Gasteiger partial charge in [0.1, 0.15) is 12.4 Å². The van der Waals surface area contributed by atoms with E-state index in [0.29, 0.717) is 6.61 Å². The summed E-state index contributed by atoms with van der Waals surface area (Å²) in [6, 6.07) is 7.81. The SMILES string of the molecule is OCC1=Cc2ccccc2OC1. The second kappa shape index (κ2) is 2.99. The van der Waals surface area contributed by atoms with Crippen LogP contribution < -0.4 is 4.74 Å². The molecule has 12 heavy (non-hydrogen) atoms. The number of para-hydroxylation sites is 1. The van der Waals surface area contributed by atoms with E-state index in [1.807, 2.05) is 30.3 Å². The van der Waals surface area contributed by atoms with Crippen LogP contribution in [0.25, 0.3) is 6.08 Å². The van der Waals surface area contributed by atoms with Crippen LogP contribution in [0.2, 0.25) is 0 Å². The molecule has 0 spiro atoms. The van der Waals surface area contributed by atoms with Gasteiger partial charge in [-0.25, -0.2) is 0 Å². The van der Waals surface area contributed by atoms with Gasteiger partial charge in [-0.1, -0.05) is 18.2 Å². The molecular weight excluding hydrogens is 152 g/mol. The predicted molar refractivity (Wildman–Crippen MR) is 47.0 cm³/mol. The first-order valence-electron chi connectivity index (χ1n) is 3.92. The fourth-order valence-corrected chi connectivity index (χ4v) is 1.25. The van der Waals surface area contributed by atoms with Gasteiger partial charge < -0.3 is 9.84 Å². The Hall–Kier alpha value is -1.28. The summed E-state index contributed by atoms with van der Waals surface area (Å²) in [5.41, 5.74) is 1.97. The van der Waals surface area contributed by atoms with E-state index < -0.39 is 0 Å². The highest BCUT2D eigenvalue weighted by atomic mass is 16.5. The summed E-state index contributed by atoms with van der Waals surface area (Å²) in [4.78, 5) is 0. The van der Waals surface area contributed by atoms with E-state index in [1.165, 1.54) is 0 Å². The number of aliphatic hydroxyl groups is 1. The quantitative estimate of drug-likeness (QED) is 0.677. The largest absolute Gasteiger partial charge is 0.489 e. The van der Waals surface area contributed by atoms with Gasteiger partial charge in [0.05, 0.1) is 6.61 Å². The molecule has 1 aliphatic rings. The molecule has 2 nitrogen and oxygen atoms in total. The molecule has 0 amide bonds. The number of benzene rings is 1. The van der Waals surface area contributed by atoms with Crippen molar-refractivity contribution >= 4 is 6.08 Å². The van der Waals surface area contributed by atoms with Crippen molar-refractivity contribution in [1.29, 1.82) is 0 Å². The maximum Gasteiger partial charge on any atom is 0.127 e. The van der Waals surface area contributed by atoms with Crippen molar-refractivity contribution in [3.05, 3.63) is 35.4 Å². The molecule has 1 aromatic rings. The molecule has 2 heteroatoms. The van der Waals surface area contributed by atoms with Crippen LogP contribution in [0.3, 0.4) is 0 Å². The van der Waals surface area contributed by atoms with Gasteiger partial charge in [0.25, 0.3) is 0 Å². The number of rotatable bonds is 1. The first kappa shape index (κ1) is 7.37. The lowest BCUT2D eigenvalue weighted by atomic mass is 10.1. The van der Waals surface area contributed by atoms with Crippen LogP contribution in [0.4, 0.5) is 0 Å². The van der Waals surface area contributed by atoms with Crippen LogP contribution in [-0.2, 0) is 0 Å². The average Bonchev–Trinajstić information content (AvgIpc) is 2.17. The molecule has 0 radical (unpaired) electrons. The molecule has 0 saturated heterocycles. The van der Waals surface area contributed by atoms with Gasteiger partial charge in [-0.05, 0) is 17.7 Å². The highest BCUT2D eigenvalue weighted by molar-refractivity contribution is 5.62. The molecule has 0 unspecified atom stereocenters. The summed E-state index contributed by atoms with van der Waals surface area (Å²) >= 11 is 0. The first-order valence-corrected chi connectivity index (χ1v) is 3.92. The van der Waals surface area contributed by atoms with E-state index in [0.717, 1.165) is 16.9 Å². The third kappa shape index (κ3) is 1.21. The zero-order chi connectivity index (χ0) is 8.39. The number of hydrogen-bond acceptors (Lipinski definition) is 2. The molecule has 0 bridgehead atoms. The monoisotopic (exact) mass is 162 g/mol. The van der Waals surface area contributed by atoms with Crippen LogP contribution in [0, 0.1) is 0 Å². The molecule has 0 aliphatic carbocycles. The molecular formula is C10H10O2. The number of aliphatic hydroxyl groups excluding tert-OH is 1. The Balaban J connectivity index is 2.41. The van der Waals surface area contributed by atoms with Gasteiger partial charge in [-0.15, -0.1) is 0 Å². The maximum atomic E-state index is 8.87. The minimum absolute atomic E-state index is 0.0777. The molecule has 0 saturated carbocycles. The van der Waals surface area contributed by atoms with Crippen LogP contribution in [-0.4, -0.2) is 18.3 Å². The van der Waals surface area contributed by atoms with E-state index in [4.69, 9.17) is 9.84 Å². The zero-order valence-electron chi connectivity index (χ0n) is 6.66.